The molecule has 1 N–H and O–H groups in total. The molecule has 114 valence electrons. The number of aromatic nitrogens is 4. The summed E-state index contributed by atoms with van der Waals surface area (Å²) in [6.45, 7) is 5.19. The van der Waals surface area contributed by atoms with E-state index in [-0.39, 0.29) is 11.8 Å². The van der Waals surface area contributed by atoms with Crippen LogP contribution < -0.4 is 5.32 Å². The van der Waals surface area contributed by atoms with Crippen LogP contribution in [0.3, 0.4) is 0 Å². The van der Waals surface area contributed by atoms with Gasteiger partial charge in [-0.3, -0.25) is 9.48 Å². The average molecular weight is 312 g/mol. The van der Waals surface area contributed by atoms with Gasteiger partial charge in [-0.25, -0.2) is 4.68 Å². The number of amides is 1. The van der Waals surface area contributed by atoms with E-state index in [1.54, 1.807) is 34.2 Å². The van der Waals surface area contributed by atoms with Crippen LogP contribution in [0.4, 0.5) is 5.69 Å². The summed E-state index contributed by atoms with van der Waals surface area (Å²) in [4.78, 5) is 12.1. The van der Waals surface area contributed by atoms with Crippen molar-refractivity contribution in [1.29, 1.82) is 0 Å². The Morgan fingerprint density at radius 2 is 2.14 bits per heavy atom. The Morgan fingerprint density at radius 1 is 1.38 bits per heavy atom. The topological polar surface area (TPSA) is 74.0 Å². The molecule has 21 heavy (non-hydrogen) atoms. The third-order valence-electron chi connectivity index (χ3n) is 2.84. The van der Waals surface area contributed by atoms with E-state index in [1.807, 2.05) is 13.8 Å². The molecule has 0 spiro atoms. The average Bonchev–Trinajstić information content (AvgIpc) is 3.05. The number of nitrogens with zero attached hydrogens (tertiary/aromatic N) is 4. The molecule has 2 heterocycles. The molecule has 0 fully saturated rings. The Kier molecular flexibility index (Phi) is 5.35. The van der Waals surface area contributed by atoms with Crippen LogP contribution in [0.25, 0.3) is 0 Å². The second-order valence-corrected chi connectivity index (χ2v) is 5.10. The molecule has 0 aliphatic rings. The summed E-state index contributed by atoms with van der Waals surface area (Å²) in [6, 6.07) is 0. The lowest BCUT2D eigenvalue weighted by Gasteiger charge is -2.11. The van der Waals surface area contributed by atoms with Crippen molar-refractivity contribution < 1.29 is 9.53 Å². The van der Waals surface area contributed by atoms with E-state index >= 15 is 0 Å². The third-order valence-corrected chi connectivity index (χ3v) is 3.03. The van der Waals surface area contributed by atoms with Crippen molar-refractivity contribution in [3.8, 4) is 0 Å². The highest BCUT2D eigenvalue weighted by Crippen LogP contribution is 2.11. The maximum Gasteiger partial charge on any atom is 0.229 e. The Hall–Kier alpha value is -1.86. The van der Waals surface area contributed by atoms with E-state index in [9.17, 15) is 4.79 Å². The fourth-order valence-electron chi connectivity index (χ4n) is 1.75. The van der Waals surface area contributed by atoms with Gasteiger partial charge in [0, 0.05) is 12.8 Å². The Balaban J connectivity index is 1.86. The summed E-state index contributed by atoms with van der Waals surface area (Å²) >= 11 is 5.79. The van der Waals surface area contributed by atoms with Crippen molar-refractivity contribution in [3.05, 3.63) is 29.8 Å². The molecule has 0 radical (unpaired) electrons. The van der Waals surface area contributed by atoms with Gasteiger partial charge in [-0.05, 0) is 6.92 Å². The van der Waals surface area contributed by atoms with Gasteiger partial charge in [0.15, 0.2) is 0 Å². The van der Waals surface area contributed by atoms with Crippen LogP contribution in [-0.2, 0) is 22.8 Å². The second-order valence-electron chi connectivity index (χ2n) is 4.66. The SMILES string of the molecule is CCOCn1cc(NC(=O)C(C)Cn2cc(Cl)cn2)cn1. The smallest absolute Gasteiger partial charge is 0.229 e. The van der Waals surface area contributed by atoms with Crippen molar-refractivity contribution in [1.82, 2.24) is 19.6 Å². The predicted octanol–water partition coefficient (Wildman–Crippen LogP) is 2.00. The lowest BCUT2D eigenvalue weighted by Crippen LogP contribution is -2.24. The Bertz CT molecular complexity index is 595. The number of halogens is 1. The molecule has 1 atom stereocenters. The van der Waals surface area contributed by atoms with Gasteiger partial charge in [0.1, 0.15) is 6.73 Å². The first-order chi connectivity index (χ1) is 10.1. The Labute approximate surface area is 127 Å². The zero-order valence-corrected chi connectivity index (χ0v) is 12.7. The number of rotatable bonds is 7. The fourth-order valence-corrected chi connectivity index (χ4v) is 1.91. The second kappa shape index (κ2) is 7.24. The molecule has 1 unspecified atom stereocenters. The van der Waals surface area contributed by atoms with Gasteiger partial charge in [-0.1, -0.05) is 18.5 Å². The number of hydrogen-bond donors (Lipinski definition) is 1. The maximum absolute atomic E-state index is 12.1. The number of nitrogens with one attached hydrogen (secondary N) is 1. The normalized spacial score (nSPS) is 12.3. The number of ether oxygens (including phenoxy) is 1. The summed E-state index contributed by atoms with van der Waals surface area (Å²) in [5, 5.41) is 11.5. The molecular weight excluding hydrogens is 294 g/mol. The van der Waals surface area contributed by atoms with E-state index in [0.29, 0.717) is 30.6 Å². The van der Waals surface area contributed by atoms with Crippen LogP contribution in [-0.4, -0.2) is 32.1 Å². The van der Waals surface area contributed by atoms with Crippen LogP contribution in [0.15, 0.2) is 24.8 Å². The number of hydrogen-bond acceptors (Lipinski definition) is 4. The van der Waals surface area contributed by atoms with Gasteiger partial charge in [0.25, 0.3) is 0 Å². The molecule has 1 amide bonds. The summed E-state index contributed by atoms with van der Waals surface area (Å²) in [7, 11) is 0. The van der Waals surface area contributed by atoms with Crippen molar-refractivity contribution in [2.24, 2.45) is 5.92 Å². The minimum absolute atomic E-state index is 0.0995. The molecule has 0 saturated carbocycles. The molecule has 8 heteroatoms. The first kappa shape index (κ1) is 15.5. The summed E-state index contributed by atoms with van der Waals surface area (Å²) < 4.78 is 8.50. The number of carbonyl (C=O) groups is 1. The largest absolute Gasteiger partial charge is 0.360 e. The number of anilines is 1. The molecule has 2 rings (SSSR count). The van der Waals surface area contributed by atoms with Crippen LogP contribution in [0.5, 0.6) is 0 Å². The molecule has 2 aromatic rings. The van der Waals surface area contributed by atoms with Crippen molar-refractivity contribution in [2.45, 2.75) is 27.1 Å². The standard InChI is InChI=1S/C13H18ClN5O2/c1-3-21-9-19-8-12(5-16-19)17-13(20)10(2)6-18-7-11(14)4-15-18/h4-5,7-8,10H,3,6,9H2,1-2H3,(H,17,20). The highest BCUT2D eigenvalue weighted by Gasteiger charge is 2.15. The fraction of sp³-hybridized carbons (Fsp3) is 0.462. The van der Waals surface area contributed by atoms with Crippen molar-refractivity contribution >= 4 is 23.2 Å². The first-order valence-corrected chi connectivity index (χ1v) is 7.05. The van der Waals surface area contributed by atoms with E-state index in [4.69, 9.17) is 16.3 Å². The maximum atomic E-state index is 12.1. The quantitative estimate of drug-likeness (QED) is 0.848. The molecule has 2 aromatic heterocycles. The monoisotopic (exact) mass is 311 g/mol. The minimum Gasteiger partial charge on any atom is -0.360 e. The van der Waals surface area contributed by atoms with Crippen LogP contribution >= 0.6 is 11.6 Å². The lowest BCUT2D eigenvalue weighted by atomic mass is 10.1. The van der Waals surface area contributed by atoms with Crippen molar-refractivity contribution in [2.75, 3.05) is 11.9 Å². The number of carbonyl (C=O) groups excluding carboxylic acids is 1. The Morgan fingerprint density at radius 3 is 2.81 bits per heavy atom. The molecular formula is C13H18ClN5O2. The highest BCUT2D eigenvalue weighted by atomic mass is 35.5. The van der Waals surface area contributed by atoms with Crippen LogP contribution in [0.2, 0.25) is 5.02 Å². The summed E-state index contributed by atoms with van der Waals surface area (Å²) in [5.41, 5.74) is 0.644. The molecule has 0 aromatic carbocycles. The molecule has 0 bridgehead atoms. The zero-order valence-electron chi connectivity index (χ0n) is 12.0. The van der Waals surface area contributed by atoms with Gasteiger partial charge in [-0.15, -0.1) is 0 Å². The molecule has 0 aliphatic heterocycles. The molecule has 0 aliphatic carbocycles. The summed E-state index contributed by atoms with van der Waals surface area (Å²) in [6.07, 6.45) is 6.55. The lowest BCUT2D eigenvalue weighted by molar-refractivity contribution is -0.119. The summed E-state index contributed by atoms with van der Waals surface area (Å²) in [5.74, 6) is -0.339. The zero-order chi connectivity index (χ0) is 15.2. The first-order valence-electron chi connectivity index (χ1n) is 6.67. The highest BCUT2D eigenvalue weighted by molar-refractivity contribution is 6.30. The van der Waals surface area contributed by atoms with Gasteiger partial charge in [0.2, 0.25) is 5.91 Å². The van der Waals surface area contributed by atoms with Gasteiger partial charge >= 0.3 is 0 Å². The van der Waals surface area contributed by atoms with Gasteiger partial charge in [0.05, 0.1) is 41.8 Å². The van der Waals surface area contributed by atoms with E-state index in [0.717, 1.165) is 0 Å². The van der Waals surface area contributed by atoms with E-state index < -0.39 is 0 Å². The van der Waals surface area contributed by atoms with E-state index in [2.05, 4.69) is 15.5 Å². The van der Waals surface area contributed by atoms with Crippen molar-refractivity contribution in [3.63, 3.8) is 0 Å². The van der Waals surface area contributed by atoms with Crippen LogP contribution in [0, 0.1) is 5.92 Å². The third kappa shape index (κ3) is 4.57. The van der Waals surface area contributed by atoms with Gasteiger partial charge < -0.3 is 10.1 Å². The van der Waals surface area contributed by atoms with E-state index in [1.165, 1.54) is 0 Å². The predicted molar refractivity (Wildman–Crippen MR) is 78.9 cm³/mol. The van der Waals surface area contributed by atoms with Gasteiger partial charge in [-0.2, -0.15) is 10.2 Å². The molecule has 0 saturated heterocycles. The molecule has 7 nitrogen and oxygen atoms in total. The van der Waals surface area contributed by atoms with Crippen LogP contribution in [0.1, 0.15) is 13.8 Å². The minimum atomic E-state index is -0.240.